The van der Waals surface area contributed by atoms with Crippen molar-refractivity contribution < 1.29 is 14.6 Å². The van der Waals surface area contributed by atoms with Crippen LogP contribution in [0.1, 0.15) is 63.9 Å². The Morgan fingerprint density at radius 3 is 2.52 bits per heavy atom. The maximum Gasteiger partial charge on any atom is 0.240 e. The molecule has 0 aromatic heterocycles. The number of aromatic hydroxyl groups is 1. The van der Waals surface area contributed by atoms with Crippen LogP contribution in [0.15, 0.2) is 23.3 Å². The van der Waals surface area contributed by atoms with Crippen molar-refractivity contribution in [2.75, 3.05) is 6.61 Å². The van der Waals surface area contributed by atoms with Crippen LogP contribution in [0.2, 0.25) is 0 Å². The lowest BCUT2D eigenvalue weighted by Crippen LogP contribution is -2.47. The van der Waals surface area contributed by atoms with Crippen molar-refractivity contribution in [3.8, 4) is 11.5 Å². The molecular weight excluding hydrogens is 340 g/mol. The van der Waals surface area contributed by atoms with Crippen LogP contribution in [0.25, 0.3) is 0 Å². The summed E-state index contributed by atoms with van der Waals surface area (Å²) in [5.74, 6) is 3.27. The van der Waals surface area contributed by atoms with Gasteiger partial charge in [0.25, 0.3) is 0 Å². The molecule has 0 aliphatic heterocycles. The van der Waals surface area contributed by atoms with Crippen LogP contribution in [0, 0.1) is 23.2 Å². The maximum absolute atomic E-state index is 12.5. The summed E-state index contributed by atoms with van der Waals surface area (Å²) in [6.07, 6.45) is 10.8. The summed E-state index contributed by atoms with van der Waals surface area (Å²) >= 11 is 0. The van der Waals surface area contributed by atoms with Gasteiger partial charge in [0, 0.05) is 18.1 Å². The lowest BCUT2D eigenvalue weighted by atomic mass is 9.49. The molecule has 4 fully saturated rings. The molecule has 5 rings (SSSR count). The van der Waals surface area contributed by atoms with E-state index in [0.29, 0.717) is 24.3 Å². The SMILES string of the molecule is CCCOc1ccc(/C=N/NC(=O)CC23CC4CC(CC(C4)C2)C3)c(O)c1. The van der Waals surface area contributed by atoms with E-state index in [-0.39, 0.29) is 17.1 Å². The molecule has 5 heteroatoms. The third kappa shape index (κ3) is 4.12. The molecule has 5 nitrogen and oxygen atoms in total. The first kappa shape index (κ1) is 18.3. The molecule has 2 N–H and O–H groups in total. The van der Waals surface area contributed by atoms with Crippen LogP contribution in [-0.4, -0.2) is 23.8 Å². The van der Waals surface area contributed by atoms with Crippen molar-refractivity contribution in [2.24, 2.45) is 28.3 Å². The van der Waals surface area contributed by atoms with Crippen molar-refractivity contribution in [3.05, 3.63) is 23.8 Å². The van der Waals surface area contributed by atoms with Crippen molar-refractivity contribution >= 4 is 12.1 Å². The second kappa shape index (κ2) is 7.53. The Hall–Kier alpha value is -2.04. The second-order valence-corrected chi connectivity index (χ2v) is 8.96. The number of phenolic OH excluding ortho intramolecular Hbond substituents is 1. The molecular formula is C22H30N2O3. The summed E-state index contributed by atoms with van der Waals surface area (Å²) in [6.45, 7) is 2.65. The van der Waals surface area contributed by atoms with E-state index in [9.17, 15) is 9.90 Å². The van der Waals surface area contributed by atoms with Gasteiger partial charge in [0.1, 0.15) is 11.5 Å². The Morgan fingerprint density at radius 2 is 1.93 bits per heavy atom. The standard InChI is InChI=1S/C22H30N2O3/c1-2-5-27-19-4-3-18(20(25)9-19)14-23-24-21(26)13-22-10-15-6-16(11-22)8-17(7-15)12-22/h3-4,9,14-17,25H,2,5-8,10-13H2,1H3,(H,24,26)/b23-14+. The molecule has 0 heterocycles. The number of amides is 1. The number of phenols is 1. The molecule has 4 saturated carbocycles. The topological polar surface area (TPSA) is 70.9 Å². The number of carbonyl (C=O) groups excluding carboxylic acids is 1. The second-order valence-electron chi connectivity index (χ2n) is 8.96. The molecule has 0 radical (unpaired) electrons. The van der Waals surface area contributed by atoms with Crippen LogP contribution in [0.4, 0.5) is 0 Å². The zero-order chi connectivity index (χ0) is 18.9. The maximum atomic E-state index is 12.5. The first-order valence-corrected chi connectivity index (χ1v) is 10.3. The molecule has 4 aliphatic rings. The van der Waals surface area contributed by atoms with Crippen molar-refractivity contribution in [1.82, 2.24) is 5.43 Å². The quantitative estimate of drug-likeness (QED) is 0.557. The van der Waals surface area contributed by atoms with Crippen molar-refractivity contribution in [2.45, 2.75) is 58.3 Å². The van der Waals surface area contributed by atoms with Gasteiger partial charge in [0.15, 0.2) is 0 Å². The third-order valence-electron chi connectivity index (χ3n) is 6.57. The highest BCUT2D eigenvalue weighted by Gasteiger charge is 2.51. The highest BCUT2D eigenvalue weighted by molar-refractivity contribution is 5.85. The van der Waals surface area contributed by atoms with E-state index in [1.165, 1.54) is 44.7 Å². The molecule has 4 bridgehead atoms. The summed E-state index contributed by atoms with van der Waals surface area (Å²) in [5.41, 5.74) is 3.45. The van der Waals surface area contributed by atoms with Crippen LogP contribution in [0.3, 0.4) is 0 Å². The Balaban J connectivity index is 1.32. The third-order valence-corrected chi connectivity index (χ3v) is 6.57. The predicted molar refractivity (Wildman–Crippen MR) is 105 cm³/mol. The fraction of sp³-hybridized carbons (Fsp3) is 0.636. The van der Waals surface area contributed by atoms with E-state index in [0.717, 1.165) is 24.2 Å². The minimum absolute atomic E-state index is 0.00408. The molecule has 1 aromatic carbocycles. The van der Waals surface area contributed by atoms with Gasteiger partial charge in [-0.05, 0) is 80.2 Å². The minimum atomic E-state index is -0.00408. The van der Waals surface area contributed by atoms with Gasteiger partial charge in [-0.25, -0.2) is 5.43 Å². The number of ether oxygens (including phenoxy) is 1. The first-order chi connectivity index (χ1) is 13.0. The van der Waals surface area contributed by atoms with Gasteiger partial charge < -0.3 is 9.84 Å². The normalized spacial score (nSPS) is 31.4. The number of nitrogens with one attached hydrogen (secondary N) is 1. The van der Waals surface area contributed by atoms with Gasteiger partial charge in [-0.15, -0.1) is 0 Å². The smallest absolute Gasteiger partial charge is 0.240 e. The van der Waals surface area contributed by atoms with E-state index in [4.69, 9.17) is 4.74 Å². The minimum Gasteiger partial charge on any atom is -0.507 e. The molecule has 4 aliphatic carbocycles. The van der Waals surface area contributed by atoms with Crippen LogP contribution < -0.4 is 10.2 Å². The molecule has 0 spiro atoms. The Kier molecular flexibility index (Phi) is 5.11. The van der Waals surface area contributed by atoms with Crippen molar-refractivity contribution in [3.63, 3.8) is 0 Å². The Bertz CT molecular complexity index is 693. The Labute approximate surface area is 161 Å². The fourth-order valence-corrected chi connectivity index (χ4v) is 6.00. The van der Waals surface area contributed by atoms with Crippen LogP contribution in [-0.2, 0) is 4.79 Å². The highest BCUT2D eigenvalue weighted by atomic mass is 16.5. The average Bonchev–Trinajstić information content (AvgIpc) is 2.60. The van der Waals surface area contributed by atoms with Crippen LogP contribution >= 0.6 is 0 Å². The number of hydrogen-bond acceptors (Lipinski definition) is 4. The van der Waals surface area contributed by atoms with E-state index < -0.39 is 0 Å². The molecule has 1 aromatic rings. The summed E-state index contributed by atoms with van der Waals surface area (Å²) in [7, 11) is 0. The number of benzene rings is 1. The monoisotopic (exact) mass is 370 g/mol. The van der Waals surface area contributed by atoms with Gasteiger partial charge in [-0.3, -0.25) is 4.79 Å². The van der Waals surface area contributed by atoms with Gasteiger partial charge in [-0.1, -0.05) is 6.92 Å². The van der Waals surface area contributed by atoms with Gasteiger partial charge in [0.05, 0.1) is 12.8 Å². The molecule has 0 unspecified atom stereocenters. The number of hydrazone groups is 1. The van der Waals surface area contributed by atoms with Crippen LogP contribution in [0.5, 0.6) is 11.5 Å². The predicted octanol–water partition coefficient (Wildman–Crippen LogP) is 4.24. The van der Waals surface area contributed by atoms with Crippen molar-refractivity contribution in [1.29, 1.82) is 0 Å². The zero-order valence-corrected chi connectivity index (χ0v) is 16.1. The summed E-state index contributed by atoms with van der Waals surface area (Å²) in [5, 5.41) is 14.1. The number of rotatable bonds is 7. The molecule has 27 heavy (non-hydrogen) atoms. The van der Waals surface area contributed by atoms with E-state index in [2.05, 4.69) is 10.5 Å². The number of carbonyl (C=O) groups is 1. The highest BCUT2D eigenvalue weighted by Crippen LogP contribution is 2.61. The van der Waals surface area contributed by atoms with Gasteiger partial charge in [-0.2, -0.15) is 5.10 Å². The summed E-state index contributed by atoms with van der Waals surface area (Å²) in [6, 6.07) is 5.12. The summed E-state index contributed by atoms with van der Waals surface area (Å²) in [4.78, 5) is 12.5. The van der Waals surface area contributed by atoms with E-state index >= 15 is 0 Å². The molecule has 0 atom stereocenters. The number of hydrogen-bond donors (Lipinski definition) is 2. The lowest BCUT2D eigenvalue weighted by molar-refractivity contribution is -0.129. The first-order valence-electron chi connectivity index (χ1n) is 10.3. The fourth-order valence-electron chi connectivity index (χ4n) is 6.00. The average molecular weight is 370 g/mol. The largest absolute Gasteiger partial charge is 0.507 e. The summed E-state index contributed by atoms with van der Waals surface area (Å²) < 4.78 is 5.49. The molecule has 1 amide bonds. The number of nitrogens with zero attached hydrogens (tertiary/aromatic N) is 1. The Morgan fingerprint density at radius 1 is 1.26 bits per heavy atom. The zero-order valence-electron chi connectivity index (χ0n) is 16.1. The molecule has 146 valence electrons. The van der Waals surface area contributed by atoms with E-state index in [1.54, 1.807) is 18.2 Å². The van der Waals surface area contributed by atoms with Gasteiger partial charge >= 0.3 is 0 Å². The van der Waals surface area contributed by atoms with Gasteiger partial charge in [0.2, 0.25) is 5.91 Å². The molecule has 0 saturated heterocycles. The van der Waals surface area contributed by atoms with E-state index in [1.807, 2.05) is 6.92 Å². The lowest BCUT2D eigenvalue weighted by Gasteiger charge is -2.56.